The van der Waals surface area contributed by atoms with Crippen LogP contribution in [0, 0.1) is 0 Å². The molecule has 26 heavy (non-hydrogen) atoms. The quantitative estimate of drug-likeness (QED) is 0.594. The minimum absolute atomic E-state index is 0.190. The average molecular weight is 347 g/mol. The van der Waals surface area contributed by atoms with Crippen LogP contribution in [0.2, 0.25) is 0 Å². The maximum Gasteiger partial charge on any atom is 0.322 e. The molecule has 0 saturated heterocycles. The molecular weight excluding hydrogens is 330 g/mol. The van der Waals surface area contributed by atoms with E-state index in [1.54, 1.807) is 21.5 Å². The molecule has 0 unspecified atom stereocenters. The summed E-state index contributed by atoms with van der Waals surface area (Å²) in [5, 5.41) is 17.9. The normalized spacial score (nSPS) is 12.0. The molecule has 8 heteroatoms. The van der Waals surface area contributed by atoms with Gasteiger partial charge in [-0.3, -0.25) is 9.72 Å². The Kier molecular flexibility index (Phi) is 4.06. The molecule has 0 aliphatic carbocycles. The highest BCUT2D eigenvalue weighted by Crippen LogP contribution is 2.17. The number of hydrogen-bond donors (Lipinski definition) is 2. The van der Waals surface area contributed by atoms with Gasteiger partial charge in [0.25, 0.3) is 0 Å². The fraction of sp³-hybridized carbons (Fsp3) is 0.111. The first-order chi connectivity index (χ1) is 12.7. The summed E-state index contributed by atoms with van der Waals surface area (Å²) in [6.07, 6.45) is 5.40. The van der Waals surface area contributed by atoms with Gasteiger partial charge in [-0.05, 0) is 42.8 Å². The lowest BCUT2D eigenvalue weighted by Crippen LogP contribution is -2.31. The van der Waals surface area contributed by atoms with Gasteiger partial charge in [0.1, 0.15) is 0 Å². The molecule has 2 N–H and O–H groups in total. The molecule has 0 bridgehead atoms. The van der Waals surface area contributed by atoms with Gasteiger partial charge < -0.3 is 5.32 Å². The second-order valence-electron chi connectivity index (χ2n) is 5.82. The van der Waals surface area contributed by atoms with Crippen molar-refractivity contribution in [2.75, 3.05) is 5.32 Å². The first-order valence-electron chi connectivity index (χ1n) is 8.18. The molecule has 4 rings (SSSR count). The molecule has 0 spiro atoms. The number of anilines is 1. The molecule has 3 heterocycles. The van der Waals surface area contributed by atoms with Gasteiger partial charge in [-0.1, -0.05) is 18.2 Å². The van der Waals surface area contributed by atoms with Gasteiger partial charge in [0.05, 0.1) is 11.7 Å². The lowest BCUT2D eigenvalue weighted by Gasteiger charge is -2.15. The lowest BCUT2D eigenvalue weighted by atomic mass is 10.1. The standard InChI is InChI=1S/C18H17N7O/c1-13(14-6-4-7-15(12-14)25-11-5-9-19-25)20-18(26)21-17-23-22-16-8-2-3-10-24(16)17/h2-13H,1H3,(H2,20,21,23,26)/t13-/m0/s1. The number of fused-ring (bicyclic) bond motifs is 1. The lowest BCUT2D eigenvalue weighted by molar-refractivity contribution is 0.249. The predicted octanol–water partition coefficient (Wildman–Crippen LogP) is 2.80. The van der Waals surface area contributed by atoms with E-state index >= 15 is 0 Å². The Bertz CT molecular complexity index is 1040. The Labute approximate surface area is 149 Å². The number of rotatable bonds is 4. The van der Waals surface area contributed by atoms with Crippen LogP contribution >= 0.6 is 0 Å². The molecule has 0 saturated carbocycles. The molecule has 0 aliphatic rings. The molecule has 4 aromatic rings. The molecule has 2 amide bonds. The monoisotopic (exact) mass is 347 g/mol. The molecule has 0 fully saturated rings. The zero-order chi connectivity index (χ0) is 17.9. The van der Waals surface area contributed by atoms with Crippen LogP contribution in [0.3, 0.4) is 0 Å². The summed E-state index contributed by atoms with van der Waals surface area (Å²) in [4.78, 5) is 12.3. The van der Waals surface area contributed by atoms with Crippen molar-refractivity contribution in [3.63, 3.8) is 0 Å². The maximum absolute atomic E-state index is 12.3. The first-order valence-corrected chi connectivity index (χ1v) is 8.18. The fourth-order valence-electron chi connectivity index (χ4n) is 2.70. The minimum Gasteiger partial charge on any atom is -0.331 e. The third kappa shape index (κ3) is 3.12. The number of nitrogens with one attached hydrogen (secondary N) is 2. The van der Waals surface area contributed by atoms with E-state index in [9.17, 15) is 4.79 Å². The Morgan fingerprint density at radius 1 is 1.08 bits per heavy atom. The Hall–Kier alpha value is -3.68. The third-order valence-corrected chi connectivity index (χ3v) is 4.03. The van der Waals surface area contributed by atoms with Gasteiger partial charge in [-0.15, -0.1) is 10.2 Å². The molecule has 8 nitrogen and oxygen atoms in total. The van der Waals surface area contributed by atoms with Crippen LogP contribution in [0.5, 0.6) is 0 Å². The van der Waals surface area contributed by atoms with Crippen LogP contribution in [0.4, 0.5) is 10.7 Å². The van der Waals surface area contributed by atoms with Gasteiger partial charge in [0.2, 0.25) is 5.95 Å². The highest BCUT2D eigenvalue weighted by atomic mass is 16.2. The largest absolute Gasteiger partial charge is 0.331 e. The van der Waals surface area contributed by atoms with Crippen molar-refractivity contribution in [3.05, 3.63) is 72.7 Å². The van der Waals surface area contributed by atoms with Crippen molar-refractivity contribution in [1.82, 2.24) is 29.7 Å². The van der Waals surface area contributed by atoms with E-state index in [4.69, 9.17) is 0 Å². The van der Waals surface area contributed by atoms with Gasteiger partial charge in [0, 0.05) is 18.6 Å². The number of aromatic nitrogens is 5. The van der Waals surface area contributed by atoms with Crippen LogP contribution in [-0.2, 0) is 0 Å². The summed E-state index contributed by atoms with van der Waals surface area (Å²) < 4.78 is 3.49. The number of benzene rings is 1. The first kappa shape index (κ1) is 15.8. The summed E-state index contributed by atoms with van der Waals surface area (Å²) in [5.74, 6) is 0.371. The van der Waals surface area contributed by atoms with E-state index in [0.717, 1.165) is 11.3 Å². The SMILES string of the molecule is C[C@H](NC(=O)Nc1nnc2ccccn12)c1cccc(-n2cccn2)c1. The van der Waals surface area contributed by atoms with Crippen LogP contribution in [-0.4, -0.2) is 30.4 Å². The van der Waals surface area contributed by atoms with Crippen molar-refractivity contribution in [1.29, 1.82) is 0 Å². The van der Waals surface area contributed by atoms with Crippen molar-refractivity contribution >= 4 is 17.6 Å². The number of carbonyl (C=O) groups excluding carboxylic acids is 1. The van der Waals surface area contributed by atoms with Crippen molar-refractivity contribution in [3.8, 4) is 5.69 Å². The second-order valence-corrected chi connectivity index (χ2v) is 5.82. The van der Waals surface area contributed by atoms with Crippen molar-refractivity contribution in [2.24, 2.45) is 0 Å². The Morgan fingerprint density at radius 3 is 2.85 bits per heavy atom. The molecular formula is C18H17N7O. The summed E-state index contributed by atoms with van der Waals surface area (Å²) in [6.45, 7) is 1.92. The van der Waals surface area contributed by atoms with E-state index in [2.05, 4.69) is 25.9 Å². The summed E-state index contributed by atoms with van der Waals surface area (Å²) >= 11 is 0. The van der Waals surface area contributed by atoms with Gasteiger partial charge in [-0.25, -0.2) is 9.48 Å². The number of hydrogen-bond acceptors (Lipinski definition) is 4. The van der Waals surface area contributed by atoms with Gasteiger partial charge in [0.15, 0.2) is 5.65 Å². The Balaban J connectivity index is 1.47. The van der Waals surface area contributed by atoms with Crippen LogP contribution in [0.15, 0.2) is 67.1 Å². The van der Waals surface area contributed by atoms with E-state index in [0.29, 0.717) is 11.6 Å². The number of nitrogens with zero attached hydrogens (tertiary/aromatic N) is 5. The number of carbonyl (C=O) groups is 1. The van der Waals surface area contributed by atoms with Crippen LogP contribution < -0.4 is 10.6 Å². The van der Waals surface area contributed by atoms with Gasteiger partial charge >= 0.3 is 6.03 Å². The van der Waals surface area contributed by atoms with Crippen LogP contribution in [0.25, 0.3) is 11.3 Å². The van der Waals surface area contributed by atoms with Crippen molar-refractivity contribution < 1.29 is 4.79 Å². The molecule has 130 valence electrons. The van der Waals surface area contributed by atoms with E-state index in [1.807, 2.05) is 61.7 Å². The highest BCUT2D eigenvalue weighted by Gasteiger charge is 2.13. The predicted molar refractivity (Wildman–Crippen MR) is 97.1 cm³/mol. The van der Waals surface area contributed by atoms with E-state index < -0.39 is 0 Å². The van der Waals surface area contributed by atoms with Crippen LogP contribution in [0.1, 0.15) is 18.5 Å². The summed E-state index contributed by atoms with van der Waals surface area (Å²) in [5.41, 5.74) is 2.58. The number of urea groups is 1. The zero-order valence-electron chi connectivity index (χ0n) is 14.1. The molecule has 3 aromatic heterocycles. The smallest absolute Gasteiger partial charge is 0.322 e. The third-order valence-electron chi connectivity index (χ3n) is 4.03. The molecule has 1 atom stereocenters. The van der Waals surface area contributed by atoms with E-state index in [-0.39, 0.29) is 12.1 Å². The minimum atomic E-state index is -0.347. The average Bonchev–Trinajstić information content (AvgIpc) is 3.32. The second kappa shape index (κ2) is 6.67. The molecule has 0 radical (unpaired) electrons. The topological polar surface area (TPSA) is 89.1 Å². The number of amides is 2. The van der Waals surface area contributed by atoms with Crippen molar-refractivity contribution in [2.45, 2.75) is 13.0 Å². The Morgan fingerprint density at radius 2 is 2.00 bits per heavy atom. The maximum atomic E-state index is 12.3. The summed E-state index contributed by atoms with van der Waals surface area (Å²) in [7, 11) is 0. The highest BCUT2D eigenvalue weighted by molar-refractivity contribution is 5.88. The number of pyridine rings is 1. The molecule has 1 aromatic carbocycles. The van der Waals surface area contributed by atoms with E-state index in [1.165, 1.54) is 0 Å². The summed E-state index contributed by atoms with van der Waals surface area (Å²) in [6, 6.07) is 14.7. The fourth-order valence-corrected chi connectivity index (χ4v) is 2.70. The van der Waals surface area contributed by atoms with Gasteiger partial charge in [-0.2, -0.15) is 5.10 Å². The molecule has 0 aliphatic heterocycles. The zero-order valence-corrected chi connectivity index (χ0v) is 14.1.